The molecule has 29 heavy (non-hydrogen) atoms. The van der Waals surface area contributed by atoms with Crippen LogP contribution in [0.5, 0.6) is 5.75 Å². The second-order valence-corrected chi connectivity index (χ2v) is 8.19. The fraction of sp³-hybridized carbons (Fsp3) is 0.579. The van der Waals surface area contributed by atoms with Crippen molar-refractivity contribution in [2.75, 3.05) is 13.7 Å². The van der Waals surface area contributed by atoms with Crippen molar-refractivity contribution in [3.05, 3.63) is 18.1 Å². The van der Waals surface area contributed by atoms with E-state index in [1.165, 1.54) is 19.4 Å². The minimum Gasteiger partial charge on any atom is -0.466 e. The van der Waals surface area contributed by atoms with Gasteiger partial charge in [0.15, 0.2) is 17.6 Å². The van der Waals surface area contributed by atoms with Crippen LogP contribution in [0.3, 0.4) is 0 Å². The van der Waals surface area contributed by atoms with Gasteiger partial charge >= 0.3 is 6.09 Å². The Labute approximate surface area is 168 Å². The topological polar surface area (TPSA) is 141 Å². The number of nitrogens with two attached hydrogens (primary N) is 1. The highest BCUT2D eigenvalue weighted by atomic mass is 16.6. The molecule has 0 aromatic carbocycles. The number of likely N-dealkylation sites (N-methyl/N-ethyl adjacent to an activating group) is 1. The quantitative estimate of drug-likeness (QED) is 0.706. The molecule has 10 heteroatoms. The van der Waals surface area contributed by atoms with Crippen LogP contribution in [0.25, 0.3) is 0 Å². The Kier molecular flexibility index (Phi) is 6.68. The number of aryl methyl sites for hydroxylation is 1. The van der Waals surface area contributed by atoms with Gasteiger partial charge < -0.3 is 29.8 Å². The Bertz CT molecular complexity index is 796. The highest BCUT2D eigenvalue weighted by Crippen LogP contribution is 2.24. The summed E-state index contributed by atoms with van der Waals surface area (Å²) in [5.41, 5.74) is 4.95. The van der Waals surface area contributed by atoms with Crippen molar-refractivity contribution in [2.24, 2.45) is 11.1 Å². The summed E-state index contributed by atoms with van der Waals surface area (Å²) in [6, 6.07) is -0.661. The number of furan rings is 1. The minimum absolute atomic E-state index is 0.228. The Hall–Kier alpha value is -2.88. The molecule has 1 fully saturated rings. The summed E-state index contributed by atoms with van der Waals surface area (Å²) in [4.78, 5) is 50.3. The van der Waals surface area contributed by atoms with E-state index in [1.807, 2.05) is 20.8 Å². The van der Waals surface area contributed by atoms with Gasteiger partial charge in [0.05, 0.1) is 6.26 Å². The molecule has 0 bridgehead atoms. The van der Waals surface area contributed by atoms with Crippen LogP contribution in [-0.4, -0.2) is 60.4 Å². The SMILES string of the molecule is Cc1occc1OC(=O)N[C@@H](CC(C)(C)C)C(=O)N(C)C1C(=O)COC1C(N)=O. The first kappa shape index (κ1) is 22.4. The lowest BCUT2D eigenvalue weighted by Crippen LogP contribution is -2.57. The predicted octanol–water partition coefficient (Wildman–Crippen LogP) is 0.761. The van der Waals surface area contributed by atoms with Gasteiger partial charge in [0.25, 0.3) is 0 Å². The largest absolute Gasteiger partial charge is 0.466 e. The maximum Gasteiger partial charge on any atom is 0.413 e. The van der Waals surface area contributed by atoms with Gasteiger partial charge in [0.1, 0.15) is 24.5 Å². The smallest absolute Gasteiger partial charge is 0.413 e. The van der Waals surface area contributed by atoms with Gasteiger partial charge in [0.2, 0.25) is 11.8 Å². The summed E-state index contributed by atoms with van der Waals surface area (Å²) >= 11 is 0. The normalized spacial score (nSPS) is 20.2. The van der Waals surface area contributed by atoms with Crippen molar-refractivity contribution in [1.82, 2.24) is 10.2 Å². The molecule has 10 nitrogen and oxygen atoms in total. The first-order valence-electron chi connectivity index (χ1n) is 9.13. The predicted molar refractivity (Wildman–Crippen MR) is 101 cm³/mol. The number of amides is 3. The highest BCUT2D eigenvalue weighted by Gasteiger charge is 2.45. The van der Waals surface area contributed by atoms with Crippen molar-refractivity contribution in [3.63, 3.8) is 0 Å². The molecular weight excluding hydrogens is 382 g/mol. The first-order valence-corrected chi connectivity index (χ1v) is 9.13. The molecule has 2 unspecified atom stereocenters. The summed E-state index contributed by atoms with van der Waals surface area (Å²) in [5, 5.41) is 2.54. The third-order valence-corrected chi connectivity index (χ3v) is 4.49. The van der Waals surface area contributed by atoms with Crippen molar-refractivity contribution in [2.45, 2.75) is 52.3 Å². The van der Waals surface area contributed by atoms with E-state index in [4.69, 9.17) is 19.6 Å². The van der Waals surface area contributed by atoms with Crippen LogP contribution in [0.1, 0.15) is 33.0 Å². The molecule has 3 N–H and O–H groups in total. The lowest BCUT2D eigenvalue weighted by atomic mass is 9.87. The van der Waals surface area contributed by atoms with Gasteiger partial charge in [-0.25, -0.2) is 4.79 Å². The van der Waals surface area contributed by atoms with Gasteiger partial charge in [-0.1, -0.05) is 20.8 Å². The van der Waals surface area contributed by atoms with Gasteiger partial charge in [-0.3, -0.25) is 14.4 Å². The number of Topliss-reactive ketones (excluding diaryl/α,β-unsaturated/α-hetero) is 1. The summed E-state index contributed by atoms with van der Waals surface area (Å²) in [5.74, 6) is -1.19. The number of hydrogen-bond donors (Lipinski definition) is 2. The van der Waals surface area contributed by atoms with Gasteiger partial charge in [0, 0.05) is 13.1 Å². The zero-order valence-electron chi connectivity index (χ0n) is 17.2. The lowest BCUT2D eigenvalue weighted by Gasteiger charge is -2.32. The molecule has 0 radical (unpaired) electrons. The van der Waals surface area contributed by atoms with E-state index in [-0.39, 0.29) is 24.2 Å². The van der Waals surface area contributed by atoms with E-state index < -0.39 is 41.9 Å². The number of ketones is 1. The molecule has 3 atom stereocenters. The summed E-state index contributed by atoms with van der Waals surface area (Å²) in [6.45, 7) is 7.02. The highest BCUT2D eigenvalue weighted by molar-refractivity contribution is 5.99. The molecule has 0 aliphatic carbocycles. The van der Waals surface area contributed by atoms with E-state index in [9.17, 15) is 19.2 Å². The van der Waals surface area contributed by atoms with Crippen LogP contribution in [0.15, 0.2) is 16.7 Å². The van der Waals surface area contributed by atoms with Crippen LogP contribution >= 0.6 is 0 Å². The number of nitrogens with one attached hydrogen (secondary N) is 1. The van der Waals surface area contributed by atoms with Crippen LogP contribution in [0.2, 0.25) is 0 Å². The Balaban J connectivity index is 2.18. The average Bonchev–Trinajstić information content (AvgIpc) is 3.17. The number of ether oxygens (including phenoxy) is 2. The fourth-order valence-electron chi connectivity index (χ4n) is 3.12. The molecule has 1 aromatic heterocycles. The molecular formula is C19H27N3O7. The number of primary amides is 1. The van der Waals surface area contributed by atoms with Crippen LogP contribution in [-0.2, 0) is 19.1 Å². The number of carbonyl (C=O) groups is 4. The monoisotopic (exact) mass is 409 g/mol. The van der Waals surface area contributed by atoms with Crippen LogP contribution < -0.4 is 15.8 Å². The molecule has 0 spiro atoms. The maximum absolute atomic E-state index is 13.1. The summed E-state index contributed by atoms with van der Waals surface area (Å²) in [7, 11) is 1.37. The molecule has 1 aromatic rings. The molecule has 2 rings (SSSR count). The zero-order valence-corrected chi connectivity index (χ0v) is 17.2. The van der Waals surface area contributed by atoms with Gasteiger partial charge in [-0.05, 0) is 18.8 Å². The van der Waals surface area contributed by atoms with Crippen molar-refractivity contribution >= 4 is 23.7 Å². The standard InChI is InChI=1S/C19H27N3O7/c1-10-13(6-7-27-10)29-18(26)21-11(8-19(2,3)4)17(25)22(5)14-12(23)9-28-15(14)16(20)24/h6-7,11,14-15H,8-9H2,1-5H3,(H2,20,24)(H,21,26)/t11-,14?,15?/m0/s1. The van der Waals surface area contributed by atoms with Crippen molar-refractivity contribution < 1.29 is 33.1 Å². The molecule has 160 valence electrons. The molecule has 1 aliphatic heterocycles. The van der Waals surface area contributed by atoms with Gasteiger partial charge in [-0.2, -0.15) is 0 Å². The Morgan fingerprint density at radius 3 is 2.55 bits per heavy atom. The molecule has 1 saturated heterocycles. The molecule has 0 saturated carbocycles. The van der Waals surface area contributed by atoms with Crippen molar-refractivity contribution in [3.8, 4) is 5.75 Å². The molecule has 2 heterocycles. The summed E-state index contributed by atoms with van der Waals surface area (Å²) in [6.07, 6.45) is -0.434. The first-order chi connectivity index (χ1) is 13.4. The molecule has 3 amide bonds. The van der Waals surface area contributed by atoms with E-state index in [0.717, 1.165) is 4.90 Å². The zero-order chi connectivity index (χ0) is 21.9. The van der Waals surface area contributed by atoms with Crippen LogP contribution in [0, 0.1) is 12.3 Å². The number of hydrogen-bond acceptors (Lipinski definition) is 7. The number of carbonyl (C=O) groups excluding carboxylic acids is 4. The van der Waals surface area contributed by atoms with Gasteiger partial charge in [-0.15, -0.1) is 0 Å². The Morgan fingerprint density at radius 1 is 1.38 bits per heavy atom. The number of rotatable bonds is 6. The maximum atomic E-state index is 13.1. The van der Waals surface area contributed by atoms with E-state index >= 15 is 0 Å². The summed E-state index contributed by atoms with van der Waals surface area (Å²) < 4.78 is 15.4. The molecule has 1 aliphatic rings. The van der Waals surface area contributed by atoms with E-state index in [2.05, 4.69) is 5.32 Å². The second kappa shape index (κ2) is 8.64. The van der Waals surface area contributed by atoms with Crippen LogP contribution in [0.4, 0.5) is 4.79 Å². The minimum atomic E-state index is -1.23. The lowest BCUT2D eigenvalue weighted by molar-refractivity contribution is -0.141. The Morgan fingerprint density at radius 2 is 2.03 bits per heavy atom. The van der Waals surface area contributed by atoms with E-state index in [1.54, 1.807) is 6.92 Å². The van der Waals surface area contributed by atoms with Crippen molar-refractivity contribution in [1.29, 1.82) is 0 Å². The second-order valence-electron chi connectivity index (χ2n) is 8.19. The third kappa shape index (κ3) is 5.57. The fourth-order valence-corrected chi connectivity index (χ4v) is 3.12. The van der Waals surface area contributed by atoms with E-state index in [0.29, 0.717) is 5.76 Å². The number of nitrogens with zero attached hydrogens (tertiary/aromatic N) is 1. The third-order valence-electron chi connectivity index (χ3n) is 4.49. The average molecular weight is 409 g/mol.